The lowest BCUT2D eigenvalue weighted by molar-refractivity contribution is 0.350. The third-order valence-electron chi connectivity index (χ3n) is 3.26. The molecule has 0 aliphatic carbocycles. The summed E-state index contributed by atoms with van der Waals surface area (Å²) in [6.45, 7) is 3.91. The molecule has 5 heteroatoms. The SMILES string of the molecule is CC1CCC(C)N1S(=O)(=O)c1ccc(Cl)cc1. The van der Waals surface area contributed by atoms with Crippen LogP contribution in [0, 0.1) is 0 Å². The largest absolute Gasteiger partial charge is 0.243 e. The fraction of sp³-hybridized carbons (Fsp3) is 0.500. The van der Waals surface area contributed by atoms with Gasteiger partial charge in [0, 0.05) is 17.1 Å². The Balaban J connectivity index is 2.39. The van der Waals surface area contributed by atoms with Crippen molar-refractivity contribution in [2.45, 2.75) is 43.7 Å². The Bertz CT molecular complexity index is 488. The van der Waals surface area contributed by atoms with Crippen LogP contribution in [0.4, 0.5) is 0 Å². The van der Waals surface area contributed by atoms with Gasteiger partial charge in [0.1, 0.15) is 0 Å². The predicted molar refractivity (Wildman–Crippen MR) is 68.6 cm³/mol. The molecule has 1 saturated heterocycles. The van der Waals surface area contributed by atoms with Gasteiger partial charge in [0.15, 0.2) is 0 Å². The van der Waals surface area contributed by atoms with Crippen molar-refractivity contribution < 1.29 is 8.42 Å². The quantitative estimate of drug-likeness (QED) is 0.831. The minimum Gasteiger partial charge on any atom is -0.207 e. The lowest BCUT2D eigenvalue weighted by Gasteiger charge is -2.25. The summed E-state index contributed by atoms with van der Waals surface area (Å²) in [6.07, 6.45) is 1.85. The van der Waals surface area contributed by atoms with E-state index in [1.165, 1.54) is 0 Å². The fourth-order valence-electron chi connectivity index (χ4n) is 2.37. The van der Waals surface area contributed by atoms with Crippen molar-refractivity contribution >= 4 is 21.6 Å². The highest BCUT2D eigenvalue weighted by Crippen LogP contribution is 2.30. The van der Waals surface area contributed by atoms with E-state index in [1.807, 2.05) is 13.8 Å². The molecule has 1 aliphatic rings. The molecule has 0 aromatic heterocycles. The molecule has 0 radical (unpaired) electrons. The van der Waals surface area contributed by atoms with Gasteiger partial charge in [0.2, 0.25) is 10.0 Å². The molecule has 1 heterocycles. The lowest BCUT2D eigenvalue weighted by Crippen LogP contribution is -2.38. The summed E-state index contributed by atoms with van der Waals surface area (Å²) in [5.74, 6) is 0. The average molecular weight is 274 g/mol. The zero-order valence-electron chi connectivity index (χ0n) is 9.93. The monoisotopic (exact) mass is 273 g/mol. The first kappa shape index (κ1) is 12.9. The number of hydrogen-bond acceptors (Lipinski definition) is 2. The van der Waals surface area contributed by atoms with Gasteiger partial charge in [-0.15, -0.1) is 0 Å². The van der Waals surface area contributed by atoms with E-state index in [-0.39, 0.29) is 12.1 Å². The summed E-state index contributed by atoms with van der Waals surface area (Å²) < 4.78 is 26.5. The molecule has 2 atom stereocenters. The van der Waals surface area contributed by atoms with Crippen molar-refractivity contribution in [3.63, 3.8) is 0 Å². The molecule has 17 heavy (non-hydrogen) atoms. The van der Waals surface area contributed by atoms with Gasteiger partial charge < -0.3 is 0 Å². The molecule has 94 valence electrons. The van der Waals surface area contributed by atoms with E-state index in [2.05, 4.69) is 0 Å². The molecule has 2 unspecified atom stereocenters. The Kier molecular flexibility index (Phi) is 3.48. The summed E-state index contributed by atoms with van der Waals surface area (Å²) in [6, 6.07) is 6.50. The van der Waals surface area contributed by atoms with Gasteiger partial charge in [-0.1, -0.05) is 11.6 Å². The molecular weight excluding hydrogens is 258 g/mol. The second-order valence-corrected chi connectivity index (χ2v) is 6.84. The zero-order valence-corrected chi connectivity index (χ0v) is 11.5. The highest BCUT2D eigenvalue weighted by atomic mass is 35.5. The maximum Gasteiger partial charge on any atom is 0.243 e. The normalized spacial score (nSPS) is 26.3. The Morgan fingerprint density at radius 2 is 1.59 bits per heavy atom. The van der Waals surface area contributed by atoms with E-state index in [0.29, 0.717) is 9.92 Å². The minimum atomic E-state index is -3.38. The summed E-state index contributed by atoms with van der Waals surface area (Å²) in [7, 11) is -3.38. The molecular formula is C12H16ClNO2S. The average Bonchev–Trinajstić information content (AvgIpc) is 2.59. The first-order chi connectivity index (χ1) is 7.93. The summed E-state index contributed by atoms with van der Waals surface area (Å²) in [4.78, 5) is 0.322. The van der Waals surface area contributed by atoms with Crippen LogP contribution in [-0.4, -0.2) is 24.8 Å². The second kappa shape index (κ2) is 4.59. The Morgan fingerprint density at radius 3 is 2.06 bits per heavy atom. The van der Waals surface area contributed by atoms with Crippen LogP contribution in [0.15, 0.2) is 29.2 Å². The predicted octanol–water partition coefficient (Wildman–Crippen LogP) is 2.90. The number of rotatable bonds is 2. The standard InChI is InChI=1S/C12H16ClNO2S/c1-9-3-4-10(2)14(9)17(15,16)12-7-5-11(13)6-8-12/h5-10H,3-4H2,1-2H3. The van der Waals surface area contributed by atoms with Gasteiger partial charge in [0.25, 0.3) is 0 Å². The van der Waals surface area contributed by atoms with E-state index in [4.69, 9.17) is 11.6 Å². The number of halogens is 1. The molecule has 1 aromatic carbocycles. The molecule has 0 bridgehead atoms. The van der Waals surface area contributed by atoms with Crippen LogP contribution in [-0.2, 0) is 10.0 Å². The van der Waals surface area contributed by atoms with Crippen molar-refractivity contribution in [2.24, 2.45) is 0 Å². The van der Waals surface area contributed by atoms with Crippen LogP contribution < -0.4 is 0 Å². The first-order valence-corrected chi connectivity index (χ1v) is 7.54. The first-order valence-electron chi connectivity index (χ1n) is 5.72. The second-order valence-electron chi connectivity index (χ2n) is 4.56. The molecule has 2 rings (SSSR count). The highest BCUT2D eigenvalue weighted by molar-refractivity contribution is 7.89. The summed E-state index contributed by atoms with van der Waals surface area (Å²) in [5, 5.41) is 0.548. The molecule has 3 nitrogen and oxygen atoms in total. The Hall–Kier alpha value is -0.580. The Morgan fingerprint density at radius 1 is 1.12 bits per heavy atom. The number of nitrogens with zero attached hydrogens (tertiary/aromatic N) is 1. The number of hydrogen-bond donors (Lipinski definition) is 0. The van der Waals surface area contributed by atoms with Crippen molar-refractivity contribution in [1.29, 1.82) is 0 Å². The maximum absolute atomic E-state index is 12.4. The zero-order chi connectivity index (χ0) is 12.6. The third-order valence-corrected chi connectivity index (χ3v) is 5.65. The molecule has 0 saturated carbocycles. The van der Waals surface area contributed by atoms with Crippen molar-refractivity contribution in [3.8, 4) is 0 Å². The Labute approximate surface area is 107 Å². The van der Waals surface area contributed by atoms with Crippen LogP contribution in [0.3, 0.4) is 0 Å². The molecule has 1 aliphatic heterocycles. The lowest BCUT2D eigenvalue weighted by atomic mass is 10.2. The van der Waals surface area contributed by atoms with Gasteiger partial charge >= 0.3 is 0 Å². The van der Waals surface area contributed by atoms with E-state index in [9.17, 15) is 8.42 Å². The van der Waals surface area contributed by atoms with Crippen molar-refractivity contribution in [3.05, 3.63) is 29.3 Å². The van der Waals surface area contributed by atoms with Crippen LogP contribution in [0.5, 0.6) is 0 Å². The van der Waals surface area contributed by atoms with Crippen LogP contribution in [0.1, 0.15) is 26.7 Å². The van der Waals surface area contributed by atoms with E-state index >= 15 is 0 Å². The highest BCUT2D eigenvalue weighted by Gasteiger charge is 2.37. The van der Waals surface area contributed by atoms with Gasteiger partial charge in [-0.25, -0.2) is 8.42 Å². The fourth-order valence-corrected chi connectivity index (χ4v) is 4.38. The summed E-state index contributed by atoms with van der Waals surface area (Å²) >= 11 is 5.77. The minimum absolute atomic E-state index is 0.0747. The van der Waals surface area contributed by atoms with Crippen molar-refractivity contribution in [1.82, 2.24) is 4.31 Å². The summed E-state index contributed by atoms with van der Waals surface area (Å²) in [5.41, 5.74) is 0. The molecule has 0 spiro atoms. The molecule has 1 fully saturated rings. The number of benzene rings is 1. The van der Waals surface area contributed by atoms with E-state index < -0.39 is 10.0 Å². The van der Waals surface area contributed by atoms with Gasteiger partial charge in [-0.05, 0) is 51.0 Å². The van der Waals surface area contributed by atoms with Gasteiger partial charge in [0.05, 0.1) is 4.90 Å². The number of sulfonamides is 1. The third kappa shape index (κ3) is 2.34. The molecule has 1 aromatic rings. The van der Waals surface area contributed by atoms with Gasteiger partial charge in [-0.2, -0.15) is 4.31 Å². The van der Waals surface area contributed by atoms with Crippen LogP contribution in [0.25, 0.3) is 0 Å². The van der Waals surface area contributed by atoms with Crippen LogP contribution in [0.2, 0.25) is 5.02 Å². The van der Waals surface area contributed by atoms with Gasteiger partial charge in [-0.3, -0.25) is 0 Å². The topological polar surface area (TPSA) is 37.4 Å². The van der Waals surface area contributed by atoms with E-state index in [0.717, 1.165) is 12.8 Å². The van der Waals surface area contributed by atoms with Crippen LogP contribution >= 0.6 is 11.6 Å². The molecule has 0 N–H and O–H groups in total. The van der Waals surface area contributed by atoms with E-state index in [1.54, 1.807) is 28.6 Å². The molecule has 0 amide bonds. The smallest absolute Gasteiger partial charge is 0.207 e. The van der Waals surface area contributed by atoms with Crippen molar-refractivity contribution in [2.75, 3.05) is 0 Å². The maximum atomic E-state index is 12.4.